The SMILES string of the molecule is O=C(NCc1cccnc1)c1nnn2c1CO[C@@H](c1ccc(Br)cc1)C2. The molecule has 7 nitrogen and oxygen atoms in total. The van der Waals surface area contributed by atoms with E-state index in [2.05, 4.69) is 36.5 Å². The third kappa shape index (κ3) is 3.51. The summed E-state index contributed by atoms with van der Waals surface area (Å²) >= 11 is 3.43. The minimum absolute atomic E-state index is 0.108. The van der Waals surface area contributed by atoms with E-state index in [1.54, 1.807) is 17.1 Å². The molecular formula is C18H16BrN5O2. The van der Waals surface area contributed by atoms with Crippen LogP contribution in [0.3, 0.4) is 0 Å². The van der Waals surface area contributed by atoms with Crippen molar-refractivity contribution >= 4 is 21.8 Å². The van der Waals surface area contributed by atoms with Crippen LogP contribution in [-0.4, -0.2) is 25.9 Å². The van der Waals surface area contributed by atoms with Crippen molar-refractivity contribution in [3.05, 3.63) is 75.8 Å². The van der Waals surface area contributed by atoms with Crippen molar-refractivity contribution in [2.24, 2.45) is 0 Å². The number of aromatic nitrogens is 4. The molecule has 0 saturated heterocycles. The smallest absolute Gasteiger partial charge is 0.274 e. The highest BCUT2D eigenvalue weighted by Gasteiger charge is 2.27. The molecule has 132 valence electrons. The van der Waals surface area contributed by atoms with Gasteiger partial charge in [-0.25, -0.2) is 4.68 Å². The molecule has 0 bridgehead atoms. The van der Waals surface area contributed by atoms with Crippen molar-refractivity contribution in [1.29, 1.82) is 0 Å². The first-order valence-corrected chi connectivity index (χ1v) is 8.96. The van der Waals surface area contributed by atoms with Crippen LogP contribution in [0.25, 0.3) is 0 Å². The summed E-state index contributed by atoms with van der Waals surface area (Å²) in [6.07, 6.45) is 3.30. The zero-order valence-corrected chi connectivity index (χ0v) is 15.4. The molecule has 0 unspecified atom stereocenters. The van der Waals surface area contributed by atoms with Crippen LogP contribution >= 0.6 is 15.9 Å². The van der Waals surface area contributed by atoms with Crippen molar-refractivity contribution in [1.82, 2.24) is 25.3 Å². The fraction of sp³-hybridized carbons (Fsp3) is 0.222. The second-order valence-corrected chi connectivity index (χ2v) is 6.88. The molecule has 0 aliphatic carbocycles. The molecule has 1 aliphatic rings. The molecule has 1 aliphatic heterocycles. The highest BCUT2D eigenvalue weighted by Crippen LogP contribution is 2.27. The topological polar surface area (TPSA) is 81.9 Å². The lowest BCUT2D eigenvalue weighted by atomic mass is 10.1. The molecule has 3 aromatic rings. The van der Waals surface area contributed by atoms with E-state index in [1.165, 1.54) is 0 Å². The first-order valence-electron chi connectivity index (χ1n) is 8.17. The molecule has 1 N–H and O–H groups in total. The number of hydrogen-bond donors (Lipinski definition) is 1. The van der Waals surface area contributed by atoms with E-state index in [0.717, 1.165) is 15.6 Å². The number of ether oxygens (including phenoxy) is 1. The van der Waals surface area contributed by atoms with Crippen LogP contribution < -0.4 is 5.32 Å². The number of rotatable bonds is 4. The first kappa shape index (κ1) is 16.9. The Kier molecular flexibility index (Phi) is 4.77. The van der Waals surface area contributed by atoms with Gasteiger partial charge in [0.25, 0.3) is 5.91 Å². The van der Waals surface area contributed by atoms with Crippen LogP contribution in [0.1, 0.15) is 33.4 Å². The predicted octanol–water partition coefficient (Wildman–Crippen LogP) is 2.64. The molecule has 1 amide bonds. The lowest BCUT2D eigenvalue weighted by Gasteiger charge is -2.24. The van der Waals surface area contributed by atoms with Gasteiger partial charge in [0, 0.05) is 23.4 Å². The number of carbonyl (C=O) groups is 1. The van der Waals surface area contributed by atoms with Crippen LogP contribution in [0.2, 0.25) is 0 Å². The quantitative estimate of drug-likeness (QED) is 0.710. The number of halogens is 1. The minimum Gasteiger partial charge on any atom is -0.365 e. The van der Waals surface area contributed by atoms with Crippen molar-refractivity contribution in [3.63, 3.8) is 0 Å². The number of nitrogens with one attached hydrogen (secondary N) is 1. The molecule has 3 heterocycles. The maximum absolute atomic E-state index is 12.4. The molecule has 0 radical (unpaired) electrons. The van der Waals surface area contributed by atoms with E-state index in [0.29, 0.717) is 31.1 Å². The number of amides is 1. The van der Waals surface area contributed by atoms with Crippen LogP contribution in [-0.2, 0) is 24.4 Å². The number of pyridine rings is 1. The Balaban J connectivity index is 1.45. The Labute approximate surface area is 158 Å². The Morgan fingerprint density at radius 2 is 2.15 bits per heavy atom. The summed E-state index contributed by atoms with van der Waals surface area (Å²) in [4.78, 5) is 16.5. The summed E-state index contributed by atoms with van der Waals surface area (Å²) < 4.78 is 8.70. The summed E-state index contributed by atoms with van der Waals surface area (Å²) in [5.41, 5.74) is 3.00. The van der Waals surface area contributed by atoms with Gasteiger partial charge < -0.3 is 10.1 Å². The molecular weight excluding hydrogens is 398 g/mol. The second-order valence-electron chi connectivity index (χ2n) is 5.96. The highest BCUT2D eigenvalue weighted by atomic mass is 79.9. The summed E-state index contributed by atoms with van der Waals surface area (Å²) in [6.45, 7) is 1.21. The van der Waals surface area contributed by atoms with Gasteiger partial charge in [0.15, 0.2) is 5.69 Å². The molecule has 8 heteroatoms. The lowest BCUT2D eigenvalue weighted by molar-refractivity contribution is -0.00177. The summed E-state index contributed by atoms with van der Waals surface area (Å²) in [6, 6.07) is 11.7. The maximum atomic E-state index is 12.4. The number of carbonyl (C=O) groups excluding carboxylic acids is 1. The normalized spacial score (nSPS) is 16.1. The standard InChI is InChI=1S/C18H16BrN5O2/c19-14-5-3-13(4-6-14)16-10-24-15(11-26-16)17(22-23-24)18(25)21-9-12-2-1-7-20-8-12/h1-8,16H,9-11H2,(H,21,25)/t16-/m1/s1. The zero-order chi connectivity index (χ0) is 17.9. The van der Waals surface area contributed by atoms with E-state index in [-0.39, 0.29) is 12.0 Å². The molecule has 1 aromatic carbocycles. The number of fused-ring (bicyclic) bond motifs is 1. The summed E-state index contributed by atoms with van der Waals surface area (Å²) in [7, 11) is 0. The molecule has 26 heavy (non-hydrogen) atoms. The third-order valence-corrected chi connectivity index (χ3v) is 4.76. The predicted molar refractivity (Wildman–Crippen MR) is 97.1 cm³/mol. The highest BCUT2D eigenvalue weighted by molar-refractivity contribution is 9.10. The van der Waals surface area contributed by atoms with Crippen molar-refractivity contribution in [2.45, 2.75) is 25.8 Å². The van der Waals surface area contributed by atoms with Gasteiger partial charge in [-0.1, -0.05) is 39.3 Å². The van der Waals surface area contributed by atoms with Gasteiger partial charge in [0.1, 0.15) is 6.10 Å². The Morgan fingerprint density at radius 1 is 1.31 bits per heavy atom. The minimum atomic E-state index is -0.263. The van der Waals surface area contributed by atoms with Crippen molar-refractivity contribution in [3.8, 4) is 0 Å². The van der Waals surface area contributed by atoms with E-state index in [1.807, 2.05) is 36.4 Å². The molecule has 1 atom stereocenters. The van der Waals surface area contributed by atoms with Gasteiger partial charge in [-0.2, -0.15) is 0 Å². The summed E-state index contributed by atoms with van der Waals surface area (Å²) in [5, 5.41) is 11.0. The summed E-state index contributed by atoms with van der Waals surface area (Å²) in [5.74, 6) is -0.263. The van der Waals surface area contributed by atoms with Gasteiger partial charge in [-0.15, -0.1) is 5.10 Å². The number of nitrogens with zero attached hydrogens (tertiary/aromatic N) is 4. The second kappa shape index (κ2) is 7.35. The number of benzene rings is 1. The Bertz CT molecular complexity index is 911. The first-order chi connectivity index (χ1) is 12.7. The van der Waals surface area contributed by atoms with E-state index in [4.69, 9.17) is 4.74 Å². The zero-order valence-electron chi connectivity index (χ0n) is 13.8. The van der Waals surface area contributed by atoms with Crippen LogP contribution in [0, 0.1) is 0 Å². The van der Waals surface area contributed by atoms with Crippen LogP contribution in [0.15, 0.2) is 53.3 Å². The molecule has 0 spiro atoms. The van der Waals surface area contributed by atoms with Gasteiger partial charge in [0.2, 0.25) is 0 Å². The van der Waals surface area contributed by atoms with Gasteiger partial charge in [-0.05, 0) is 29.3 Å². The van der Waals surface area contributed by atoms with E-state index < -0.39 is 0 Å². The monoisotopic (exact) mass is 413 g/mol. The average molecular weight is 414 g/mol. The lowest BCUT2D eigenvalue weighted by Crippen LogP contribution is -2.27. The molecule has 2 aromatic heterocycles. The van der Waals surface area contributed by atoms with Crippen LogP contribution in [0.5, 0.6) is 0 Å². The van der Waals surface area contributed by atoms with Crippen LogP contribution in [0.4, 0.5) is 0 Å². The Morgan fingerprint density at radius 3 is 2.92 bits per heavy atom. The molecule has 0 saturated carbocycles. The third-order valence-electron chi connectivity index (χ3n) is 4.23. The largest absolute Gasteiger partial charge is 0.365 e. The molecule has 4 rings (SSSR count). The fourth-order valence-electron chi connectivity index (χ4n) is 2.84. The maximum Gasteiger partial charge on any atom is 0.274 e. The van der Waals surface area contributed by atoms with E-state index in [9.17, 15) is 4.79 Å². The van der Waals surface area contributed by atoms with E-state index >= 15 is 0 Å². The Hall–Kier alpha value is -2.58. The van der Waals surface area contributed by atoms with Gasteiger partial charge >= 0.3 is 0 Å². The van der Waals surface area contributed by atoms with Gasteiger partial charge in [0.05, 0.1) is 18.8 Å². The average Bonchev–Trinajstić information content (AvgIpc) is 3.11. The number of hydrogen-bond acceptors (Lipinski definition) is 5. The van der Waals surface area contributed by atoms with Crippen molar-refractivity contribution in [2.75, 3.05) is 0 Å². The van der Waals surface area contributed by atoms with Gasteiger partial charge in [-0.3, -0.25) is 9.78 Å². The fourth-order valence-corrected chi connectivity index (χ4v) is 3.10. The molecule has 0 fully saturated rings. The van der Waals surface area contributed by atoms with Crippen molar-refractivity contribution < 1.29 is 9.53 Å².